The lowest BCUT2D eigenvalue weighted by molar-refractivity contribution is -0.120. The highest BCUT2D eigenvalue weighted by atomic mass is 16.5. The number of carbonyl (C=O) groups is 1. The van der Waals surface area contributed by atoms with E-state index in [2.05, 4.69) is 25.4 Å². The van der Waals surface area contributed by atoms with Gasteiger partial charge in [-0.05, 0) is 55.7 Å². The molecule has 7 heteroatoms. The molecule has 2 aromatic heterocycles. The topological polar surface area (TPSA) is 80.2 Å². The Morgan fingerprint density at radius 3 is 2.77 bits per heavy atom. The standard InChI is InChI=1S/C23H25N5O2/c1-16-7-5-13-24-22(16)25-23(29)17-8-6-14-28(15-17)21-12-11-19(26-27-21)18-9-3-4-10-20(18)30-2/h3-5,7,9-13,17H,6,8,14-15H2,1-2H3,(H,24,25,29). The number of benzene rings is 1. The monoisotopic (exact) mass is 403 g/mol. The second kappa shape index (κ2) is 8.90. The Morgan fingerprint density at radius 1 is 1.13 bits per heavy atom. The van der Waals surface area contributed by atoms with Gasteiger partial charge in [-0.2, -0.15) is 0 Å². The number of hydrogen-bond acceptors (Lipinski definition) is 6. The number of para-hydroxylation sites is 1. The number of hydrogen-bond donors (Lipinski definition) is 1. The molecule has 30 heavy (non-hydrogen) atoms. The molecule has 1 aliphatic heterocycles. The summed E-state index contributed by atoms with van der Waals surface area (Å²) in [6, 6.07) is 15.4. The van der Waals surface area contributed by atoms with Crippen LogP contribution in [0.1, 0.15) is 18.4 Å². The van der Waals surface area contributed by atoms with Crippen LogP contribution < -0.4 is 15.0 Å². The van der Waals surface area contributed by atoms with Crippen molar-refractivity contribution in [3.63, 3.8) is 0 Å². The van der Waals surface area contributed by atoms with Crippen LogP contribution in [-0.2, 0) is 4.79 Å². The van der Waals surface area contributed by atoms with Crippen molar-refractivity contribution in [2.24, 2.45) is 5.92 Å². The molecule has 1 aliphatic rings. The largest absolute Gasteiger partial charge is 0.496 e. The first kappa shape index (κ1) is 19.8. The molecule has 1 unspecified atom stereocenters. The van der Waals surface area contributed by atoms with Crippen LogP contribution >= 0.6 is 0 Å². The third-order valence-electron chi connectivity index (χ3n) is 5.40. The molecule has 1 N–H and O–H groups in total. The minimum atomic E-state index is -0.115. The molecule has 3 aromatic rings. The van der Waals surface area contributed by atoms with Gasteiger partial charge in [0.15, 0.2) is 5.82 Å². The molecule has 3 heterocycles. The molecule has 7 nitrogen and oxygen atoms in total. The van der Waals surface area contributed by atoms with E-state index in [-0.39, 0.29) is 11.8 Å². The van der Waals surface area contributed by atoms with E-state index >= 15 is 0 Å². The first-order valence-electron chi connectivity index (χ1n) is 10.1. The first-order chi connectivity index (χ1) is 14.7. The van der Waals surface area contributed by atoms with Crippen molar-refractivity contribution in [3.8, 4) is 17.0 Å². The van der Waals surface area contributed by atoms with Gasteiger partial charge >= 0.3 is 0 Å². The van der Waals surface area contributed by atoms with Crippen LogP contribution in [0.5, 0.6) is 5.75 Å². The van der Waals surface area contributed by atoms with Crippen molar-refractivity contribution in [3.05, 3.63) is 60.3 Å². The zero-order valence-electron chi connectivity index (χ0n) is 17.2. The van der Waals surface area contributed by atoms with Gasteiger partial charge in [0.05, 0.1) is 18.7 Å². The lowest BCUT2D eigenvalue weighted by atomic mass is 9.97. The van der Waals surface area contributed by atoms with E-state index in [1.165, 1.54) is 0 Å². The van der Waals surface area contributed by atoms with Gasteiger partial charge in [-0.25, -0.2) is 4.98 Å². The number of ether oxygens (including phenoxy) is 1. The zero-order valence-corrected chi connectivity index (χ0v) is 17.2. The molecular formula is C23H25N5O2. The molecule has 0 saturated carbocycles. The lowest BCUT2D eigenvalue weighted by Crippen LogP contribution is -2.41. The summed E-state index contributed by atoms with van der Waals surface area (Å²) in [5.41, 5.74) is 2.62. The molecule has 0 spiro atoms. The van der Waals surface area contributed by atoms with Crippen LogP contribution in [-0.4, -0.2) is 41.3 Å². The number of rotatable bonds is 5. The molecule has 1 saturated heterocycles. The number of piperidine rings is 1. The third kappa shape index (κ3) is 4.25. The Balaban J connectivity index is 1.45. The van der Waals surface area contributed by atoms with Gasteiger partial charge < -0.3 is 15.0 Å². The van der Waals surface area contributed by atoms with Crippen LogP contribution in [0, 0.1) is 12.8 Å². The molecule has 0 radical (unpaired) electrons. The van der Waals surface area contributed by atoms with Crippen molar-refractivity contribution in [1.29, 1.82) is 0 Å². The van der Waals surface area contributed by atoms with Crippen LogP contribution in [0.4, 0.5) is 11.6 Å². The first-order valence-corrected chi connectivity index (χ1v) is 10.1. The molecule has 0 aliphatic carbocycles. The number of anilines is 2. The number of nitrogens with one attached hydrogen (secondary N) is 1. The van der Waals surface area contributed by atoms with E-state index < -0.39 is 0 Å². The van der Waals surface area contributed by atoms with Crippen LogP contribution in [0.15, 0.2) is 54.7 Å². The van der Waals surface area contributed by atoms with Gasteiger partial charge in [-0.1, -0.05) is 18.2 Å². The molecule has 1 fully saturated rings. The fraction of sp³-hybridized carbons (Fsp3) is 0.304. The van der Waals surface area contributed by atoms with E-state index in [1.54, 1.807) is 13.3 Å². The average Bonchev–Trinajstić information content (AvgIpc) is 2.80. The van der Waals surface area contributed by atoms with E-state index in [9.17, 15) is 4.79 Å². The predicted molar refractivity (Wildman–Crippen MR) is 117 cm³/mol. The molecule has 1 amide bonds. The van der Waals surface area contributed by atoms with Crippen molar-refractivity contribution in [2.75, 3.05) is 30.4 Å². The van der Waals surface area contributed by atoms with Gasteiger partial charge in [0.25, 0.3) is 0 Å². The number of carbonyl (C=O) groups excluding carboxylic acids is 1. The van der Waals surface area contributed by atoms with Crippen LogP contribution in [0.3, 0.4) is 0 Å². The summed E-state index contributed by atoms with van der Waals surface area (Å²) in [4.78, 5) is 19.2. The van der Waals surface area contributed by atoms with E-state index in [1.807, 2.05) is 55.5 Å². The smallest absolute Gasteiger partial charge is 0.230 e. The molecule has 154 valence electrons. The fourth-order valence-electron chi connectivity index (χ4n) is 3.73. The lowest BCUT2D eigenvalue weighted by Gasteiger charge is -2.32. The minimum absolute atomic E-state index is 0.0000938. The van der Waals surface area contributed by atoms with Crippen molar-refractivity contribution >= 4 is 17.5 Å². The van der Waals surface area contributed by atoms with Gasteiger partial charge in [-0.3, -0.25) is 4.79 Å². The maximum absolute atomic E-state index is 12.8. The molecule has 1 atom stereocenters. The van der Waals surface area contributed by atoms with Crippen molar-refractivity contribution in [1.82, 2.24) is 15.2 Å². The normalized spacial score (nSPS) is 16.2. The van der Waals surface area contributed by atoms with E-state index in [0.29, 0.717) is 12.4 Å². The highest BCUT2D eigenvalue weighted by molar-refractivity contribution is 5.92. The molecule has 1 aromatic carbocycles. The summed E-state index contributed by atoms with van der Waals surface area (Å²) >= 11 is 0. The summed E-state index contributed by atoms with van der Waals surface area (Å²) in [7, 11) is 1.64. The zero-order chi connectivity index (χ0) is 20.9. The van der Waals surface area contributed by atoms with Crippen LogP contribution in [0.25, 0.3) is 11.3 Å². The van der Waals surface area contributed by atoms with E-state index in [0.717, 1.165) is 47.8 Å². The fourth-order valence-corrected chi connectivity index (χ4v) is 3.73. The summed E-state index contributed by atoms with van der Waals surface area (Å²) in [6.07, 6.45) is 3.46. The Morgan fingerprint density at radius 2 is 2.00 bits per heavy atom. The van der Waals surface area contributed by atoms with Gasteiger partial charge in [0.2, 0.25) is 5.91 Å². The van der Waals surface area contributed by atoms with Crippen molar-refractivity contribution < 1.29 is 9.53 Å². The van der Waals surface area contributed by atoms with Crippen LogP contribution in [0.2, 0.25) is 0 Å². The average molecular weight is 403 g/mol. The highest BCUT2D eigenvalue weighted by Gasteiger charge is 2.27. The summed E-state index contributed by atoms with van der Waals surface area (Å²) in [6.45, 7) is 3.41. The summed E-state index contributed by atoms with van der Waals surface area (Å²) < 4.78 is 5.42. The number of nitrogens with zero attached hydrogens (tertiary/aromatic N) is 4. The van der Waals surface area contributed by atoms with Gasteiger partial charge in [0, 0.05) is 24.8 Å². The predicted octanol–water partition coefficient (Wildman–Crippen LogP) is 3.71. The quantitative estimate of drug-likeness (QED) is 0.700. The van der Waals surface area contributed by atoms with Crippen molar-refractivity contribution in [2.45, 2.75) is 19.8 Å². The summed E-state index contributed by atoms with van der Waals surface area (Å²) in [5.74, 6) is 2.05. The number of aryl methyl sites for hydroxylation is 1. The highest BCUT2D eigenvalue weighted by Crippen LogP contribution is 2.29. The van der Waals surface area contributed by atoms with E-state index in [4.69, 9.17) is 4.74 Å². The number of pyridine rings is 1. The molecular weight excluding hydrogens is 378 g/mol. The Bertz CT molecular complexity index is 1020. The minimum Gasteiger partial charge on any atom is -0.496 e. The number of amides is 1. The Kier molecular flexibility index (Phi) is 5.88. The summed E-state index contributed by atoms with van der Waals surface area (Å²) in [5, 5.41) is 11.8. The second-order valence-corrected chi connectivity index (χ2v) is 7.42. The Labute approximate surface area is 176 Å². The van der Waals surface area contributed by atoms with Gasteiger partial charge in [-0.15, -0.1) is 10.2 Å². The maximum Gasteiger partial charge on any atom is 0.230 e. The maximum atomic E-state index is 12.8. The second-order valence-electron chi connectivity index (χ2n) is 7.42. The SMILES string of the molecule is COc1ccccc1-c1ccc(N2CCCC(C(=O)Nc3ncccc3C)C2)nn1. The van der Waals surface area contributed by atoms with Gasteiger partial charge in [0.1, 0.15) is 11.6 Å². The molecule has 0 bridgehead atoms. The third-order valence-corrected chi connectivity index (χ3v) is 5.40. The Hall–Kier alpha value is -3.48. The number of methoxy groups -OCH3 is 1. The number of aromatic nitrogens is 3. The molecule has 4 rings (SSSR count).